The Bertz CT molecular complexity index is 707. The van der Waals surface area contributed by atoms with Crippen LogP contribution in [0.25, 0.3) is 11.3 Å². The Kier molecular flexibility index (Phi) is 2.94. The highest BCUT2D eigenvalue weighted by atomic mass is 19.1. The van der Waals surface area contributed by atoms with Crippen LogP contribution in [0.3, 0.4) is 0 Å². The van der Waals surface area contributed by atoms with Crippen LogP contribution in [0.15, 0.2) is 18.2 Å². The number of aromatic nitrogens is 2. The van der Waals surface area contributed by atoms with Crippen molar-refractivity contribution in [3.05, 3.63) is 35.4 Å². The molecule has 0 amide bonds. The van der Waals surface area contributed by atoms with Crippen LogP contribution >= 0.6 is 0 Å². The molecule has 0 unspecified atom stereocenters. The standard InChI is InChI=1S/C15H15FN4/c1-2-13-19-14(15(18)20(13)11-4-5-11)9-3-6-12(16)10(7-9)8-17/h3,6-7,11H,2,4-5,18H2,1H3. The quantitative estimate of drug-likeness (QED) is 0.932. The van der Waals surface area contributed by atoms with Gasteiger partial charge in [0.2, 0.25) is 0 Å². The zero-order valence-corrected chi connectivity index (χ0v) is 11.2. The number of aryl methyl sites for hydroxylation is 1. The van der Waals surface area contributed by atoms with Crippen molar-refractivity contribution in [3.63, 3.8) is 0 Å². The second kappa shape index (κ2) is 4.64. The lowest BCUT2D eigenvalue weighted by molar-refractivity contribution is 0.624. The minimum Gasteiger partial charge on any atom is -0.383 e. The minimum atomic E-state index is -0.521. The molecule has 1 heterocycles. The number of anilines is 1. The van der Waals surface area contributed by atoms with Gasteiger partial charge in [-0.1, -0.05) is 6.92 Å². The number of benzene rings is 1. The van der Waals surface area contributed by atoms with Gasteiger partial charge in [-0.2, -0.15) is 5.26 Å². The molecule has 5 heteroatoms. The van der Waals surface area contributed by atoms with Crippen LogP contribution < -0.4 is 5.73 Å². The van der Waals surface area contributed by atoms with Crippen molar-refractivity contribution in [3.8, 4) is 17.3 Å². The summed E-state index contributed by atoms with van der Waals surface area (Å²) in [6, 6.07) is 6.70. The average Bonchev–Trinajstić information content (AvgIpc) is 3.23. The molecule has 0 radical (unpaired) electrons. The van der Waals surface area contributed by atoms with Crippen molar-refractivity contribution in [1.29, 1.82) is 5.26 Å². The molecule has 1 aromatic heterocycles. The van der Waals surface area contributed by atoms with Crippen molar-refractivity contribution in [2.45, 2.75) is 32.2 Å². The summed E-state index contributed by atoms with van der Waals surface area (Å²) in [6.45, 7) is 2.04. The number of rotatable bonds is 3. The van der Waals surface area contributed by atoms with E-state index in [9.17, 15) is 4.39 Å². The highest BCUT2D eigenvalue weighted by Crippen LogP contribution is 2.41. The van der Waals surface area contributed by atoms with Gasteiger partial charge in [-0.3, -0.25) is 0 Å². The molecular formula is C15H15FN4. The Labute approximate surface area is 116 Å². The number of hydrogen-bond acceptors (Lipinski definition) is 3. The maximum absolute atomic E-state index is 13.4. The van der Waals surface area contributed by atoms with Crippen molar-refractivity contribution in [2.75, 3.05) is 5.73 Å². The van der Waals surface area contributed by atoms with Gasteiger partial charge in [-0.05, 0) is 31.0 Å². The SMILES string of the molecule is CCc1nc(-c2ccc(F)c(C#N)c2)c(N)n1C1CC1. The third-order valence-corrected chi connectivity index (χ3v) is 3.61. The normalized spacial score (nSPS) is 14.2. The zero-order valence-electron chi connectivity index (χ0n) is 11.2. The molecule has 3 rings (SSSR count). The van der Waals surface area contributed by atoms with Crippen molar-refractivity contribution in [1.82, 2.24) is 9.55 Å². The molecule has 20 heavy (non-hydrogen) atoms. The second-order valence-electron chi connectivity index (χ2n) is 5.02. The number of nitriles is 1. The van der Waals surface area contributed by atoms with E-state index in [1.165, 1.54) is 12.1 Å². The summed E-state index contributed by atoms with van der Waals surface area (Å²) in [5.41, 5.74) is 7.55. The van der Waals surface area contributed by atoms with Crippen LogP contribution in [0.2, 0.25) is 0 Å². The fourth-order valence-corrected chi connectivity index (χ4v) is 2.45. The Morgan fingerprint density at radius 1 is 1.50 bits per heavy atom. The molecule has 2 N–H and O–H groups in total. The van der Waals surface area contributed by atoms with Gasteiger partial charge in [0.1, 0.15) is 29.2 Å². The van der Waals surface area contributed by atoms with Gasteiger partial charge >= 0.3 is 0 Å². The number of hydrogen-bond donors (Lipinski definition) is 1. The minimum absolute atomic E-state index is 0.0147. The van der Waals surface area contributed by atoms with Gasteiger partial charge in [0.15, 0.2) is 0 Å². The first-order valence-corrected chi connectivity index (χ1v) is 6.72. The van der Waals surface area contributed by atoms with Gasteiger partial charge in [0.25, 0.3) is 0 Å². The zero-order chi connectivity index (χ0) is 14.3. The van der Waals surface area contributed by atoms with Crippen LogP contribution in [0.1, 0.15) is 37.2 Å². The van der Waals surface area contributed by atoms with Crippen molar-refractivity contribution >= 4 is 5.82 Å². The lowest BCUT2D eigenvalue weighted by atomic mass is 10.1. The smallest absolute Gasteiger partial charge is 0.140 e. The third-order valence-electron chi connectivity index (χ3n) is 3.61. The van der Waals surface area contributed by atoms with E-state index in [2.05, 4.69) is 9.55 Å². The van der Waals surface area contributed by atoms with Crippen LogP contribution in [0, 0.1) is 17.1 Å². The topological polar surface area (TPSA) is 67.6 Å². The van der Waals surface area contributed by atoms with Gasteiger partial charge in [-0.15, -0.1) is 0 Å². The summed E-state index contributed by atoms with van der Waals surface area (Å²) in [5.74, 6) is 1.04. The second-order valence-corrected chi connectivity index (χ2v) is 5.02. The monoisotopic (exact) mass is 270 g/mol. The first-order valence-electron chi connectivity index (χ1n) is 6.72. The molecule has 1 saturated carbocycles. The van der Waals surface area contributed by atoms with E-state index in [0.29, 0.717) is 23.1 Å². The summed E-state index contributed by atoms with van der Waals surface area (Å²) in [7, 11) is 0. The van der Waals surface area contributed by atoms with E-state index in [1.54, 1.807) is 6.07 Å². The van der Waals surface area contributed by atoms with E-state index < -0.39 is 5.82 Å². The molecule has 0 aliphatic heterocycles. The van der Waals surface area contributed by atoms with Gasteiger partial charge in [-0.25, -0.2) is 9.37 Å². The van der Waals surface area contributed by atoms with Crippen LogP contribution in [0.5, 0.6) is 0 Å². The number of nitrogen functional groups attached to an aromatic ring is 1. The third kappa shape index (κ3) is 1.94. The Morgan fingerprint density at radius 2 is 2.25 bits per heavy atom. The summed E-state index contributed by atoms with van der Waals surface area (Å²) >= 11 is 0. The fourth-order valence-electron chi connectivity index (χ4n) is 2.45. The van der Waals surface area contributed by atoms with Crippen molar-refractivity contribution < 1.29 is 4.39 Å². The molecule has 1 aromatic carbocycles. The number of imidazole rings is 1. The molecule has 102 valence electrons. The predicted octanol–water partition coefficient (Wildman–Crippen LogP) is 3.04. The summed E-state index contributed by atoms with van der Waals surface area (Å²) in [6.07, 6.45) is 3.05. The molecule has 1 fully saturated rings. The molecule has 1 aliphatic rings. The molecule has 4 nitrogen and oxygen atoms in total. The van der Waals surface area contributed by atoms with E-state index in [1.807, 2.05) is 13.0 Å². The van der Waals surface area contributed by atoms with Crippen LogP contribution in [-0.2, 0) is 6.42 Å². The number of nitrogens with two attached hydrogens (primary N) is 1. The van der Waals surface area contributed by atoms with Gasteiger partial charge < -0.3 is 10.3 Å². The number of halogens is 1. The first-order chi connectivity index (χ1) is 9.65. The van der Waals surface area contributed by atoms with E-state index in [-0.39, 0.29) is 5.56 Å². The van der Waals surface area contributed by atoms with E-state index in [4.69, 9.17) is 11.0 Å². The first kappa shape index (κ1) is 12.7. The van der Waals surface area contributed by atoms with Gasteiger partial charge in [0.05, 0.1) is 5.56 Å². The Balaban J connectivity index is 2.13. The lowest BCUT2D eigenvalue weighted by Crippen LogP contribution is -2.04. The molecule has 1 aliphatic carbocycles. The molecule has 0 atom stereocenters. The fraction of sp³-hybridized carbons (Fsp3) is 0.333. The predicted molar refractivity (Wildman–Crippen MR) is 74.4 cm³/mol. The molecule has 0 bridgehead atoms. The van der Waals surface area contributed by atoms with E-state index >= 15 is 0 Å². The highest BCUT2D eigenvalue weighted by molar-refractivity contribution is 5.72. The van der Waals surface area contributed by atoms with Crippen molar-refractivity contribution in [2.24, 2.45) is 0 Å². The maximum Gasteiger partial charge on any atom is 0.140 e. The summed E-state index contributed by atoms with van der Waals surface area (Å²) in [4.78, 5) is 4.57. The Hall–Kier alpha value is -2.35. The van der Waals surface area contributed by atoms with E-state index in [0.717, 1.165) is 25.1 Å². The molecule has 0 saturated heterocycles. The average molecular weight is 270 g/mol. The Morgan fingerprint density at radius 3 is 2.85 bits per heavy atom. The summed E-state index contributed by atoms with van der Waals surface area (Å²) < 4.78 is 15.5. The number of nitrogens with zero attached hydrogens (tertiary/aromatic N) is 3. The van der Waals surface area contributed by atoms with Crippen LogP contribution in [-0.4, -0.2) is 9.55 Å². The molecule has 2 aromatic rings. The largest absolute Gasteiger partial charge is 0.383 e. The molecule has 0 spiro atoms. The van der Waals surface area contributed by atoms with Crippen LogP contribution in [0.4, 0.5) is 10.2 Å². The molecular weight excluding hydrogens is 255 g/mol. The summed E-state index contributed by atoms with van der Waals surface area (Å²) in [5, 5.41) is 8.92. The maximum atomic E-state index is 13.4. The van der Waals surface area contributed by atoms with Gasteiger partial charge in [0, 0.05) is 18.0 Å². The lowest BCUT2D eigenvalue weighted by Gasteiger charge is -2.06. The highest BCUT2D eigenvalue weighted by Gasteiger charge is 2.29.